The van der Waals surface area contributed by atoms with Crippen LogP contribution in [0.5, 0.6) is 0 Å². The van der Waals surface area contributed by atoms with Crippen LogP contribution < -0.4 is 0 Å². The molecule has 0 saturated heterocycles. The van der Waals surface area contributed by atoms with Crippen molar-refractivity contribution in [1.29, 1.82) is 0 Å². The molecule has 0 aliphatic heterocycles. The van der Waals surface area contributed by atoms with Gasteiger partial charge < -0.3 is 0 Å². The summed E-state index contributed by atoms with van der Waals surface area (Å²) in [4.78, 5) is 0. The Morgan fingerprint density at radius 1 is 0.500 bits per heavy atom. The Hall–Kier alpha value is -3.22. The van der Waals surface area contributed by atoms with Crippen molar-refractivity contribution in [3.63, 3.8) is 0 Å². The molecule has 0 aliphatic carbocycles. The zero-order chi connectivity index (χ0) is 18.4. The largest absolute Gasteiger partial charge is 0.0617 e. The number of hydrogen-bond acceptors (Lipinski definition) is 0. The highest BCUT2D eigenvalue weighted by Crippen LogP contribution is 2.14. The first-order chi connectivity index (χ1) is 12.6. The molecule has 3 aromatic rings. The van der Waals surface area contributed by atoms with Gasteiger partial charge in [-0.2, -0.15) is 0 Å². The van der Waals surface area contributed by atoms with E-state index in [-0.39, 0.29) is 0 Å². The van der Waals surface area contributed by atoms with Crippen LogP contribution in [0.2, 0.25) is 0 Å². The van der Waals surface area contributed by atoms with E-state index in [9.17, 15) is 0 Å². The zero-order valence-corrected chi connectivity index (χ0v) is 15.5. The van der Waals surface area contributed by atoms with Crippen LogP contribution in [0.4, 0.5) is 0 Å². The van der Waals surface area contributed by atoms with Crippen LogP contribution in [0, 0.1) is 30.6 Å². The van der Waals surface area contributed by atoms with Gasteiger partial charge in [0.05, 0.1) is 0 Å². The fourth-order valence-electron chi connectivity index (χ4n) is 2.51. The van der Waals surface area contributed by atoms with Gasteiger partial charge in [-0.15, -0.1) is 0 Å². The third kappa shape index (κ3) is 4.89. The fraction of sp³-hybridized carbons (Fsp3) is 0.154. The Morgan fingerprint density at radius 3 is 1.15 bits per heavy atom. The normalized spacial score (nSPS) is 9.85. The summed E-state index contributed by atoms with van der Waals surface area (Å²) in [5.74, 6) is 13.4. The maximum absolute atomic E-state index is 3.22. The first kappa shape index (κ1) is 17.6. The predicted octanol–water partition coefficient (Wildman–Crippen LogP) is 5.92. The molecule has 0 heterocycles. The lowest BCUT2D eigenvalue weighted by Crippen LogP contribution is -1.86. The van der Waals surface area contributed by atoms with E-state index < -0.39 is 0 Å². The quantitative estimate of drug-likeness (QED) is 0.485. The second kappa shape index (κ2) is 8.24. The minimum absolute atomic E-state index is 0.547. The Morgan fingerprint density at radius 2 is 0.808 bits per heavy atom. The van der Waals surface area contributed by atoms with Crippen LogP contribution in [-0.2, 0) is 0 Å². The van der Waals surface area contributed by atoms with E-state index in [1.54, 1.807) is 0 Å². The third-order valence-corrected chi connectivity index (χ3v) is 4.22. The molecule has 0 fully saturated rings. The van der Waals surface area contributed by atoms with Crippen LogP contribution in [0.25, 0.3) is 0 Å². The molecule has 0 amide bonds. The summed E-state index contributed by atoms with van der Waals surface area (Å²) in [7, 11) is 0. The standard InChI is InChI=1S/C26H22/c1-20(2)26-18-16-25(17-19-26)15-14-24-12-10-23(11-13-24)9-8-22-6-4-21(3)5-7-22/h4-7,10-13,16-20H,1-3H3. The van der Waals surface area contributed by atoms with Gasteiger partial charge in [-0.05, 0) is 66.9 Å². The monoisotopic (exact) mass is 334 g/mol. The lowest BCUT2D eigenvalue weighted by atomic mass is 10.0. The summed E-state index contributed by atoms with van der Waals surface area (Å²) in [6, 6.07) is 24.8. The van der Waals surface area contributed by atoms with Crippen molar-refractivity contribution in [2.24, 2.45) is 0 Å². The van der Waals surface area contributed by atoms with Gasteiger partial charge in [0, 0.05) is 22.3 Å². The van der Waals surface area contributed by atoms with Gasteiger partial charge in [-0.1, -0.05) is 67.4 Å². The van der Waals surface area contributed by atoms with Crippen LogP contribution >= 0.6 is 0 Å². The van der Waals surface area contributed by atoms with Crippen molar-refractivity contribution in [1.82, 2.24) is 0 Å². The van der Waals surface area contributed by atoms with Gasteiger partial charge in [0.1, 0.15) is 0 Å². The van der Waals surface area contributed by atoms with Gasteiger partial charge in [0.25, 0.3) is 0 Å². The SMILES string of the molecule is Cc1ccc(C#Cc2ccc(C#Cc3ccc(C(C)C)cc3)cc2)cc1. The summed E-state index contributed by atoms with van der Waals surface area (Å²) in [5.41, 5.74) is 6.66. The highest BCUT2D eigenvalue weighted by atomic mass is 14.0. The highest BCUT2D eigenvalue weighted by Gasteiger charge is 1.97. The van der Waals surface area contributed by atoms with E-state index in [2.05, 4.69) is 80.9 Å². The average Bonchev–Trinajstić information content (AvgIpc) is 2.67. The van der Waals surface area contributed by atoms with E-state index in [0.29, 0.717) is 5.92 Å². The van der Waals surface area contributed by atoms with Crippen LogP contribution in [0.15, 0.2) is 72.8 Å². The van der Waals surface area contributed by atoms with Crippen molar-refractivity contribution in [2.45, 2.75) is 26.7 Å². The molecule has 0 nitrogen and oxygen atoms in total. The summed E-state index contributed by atoms with van der Waals surface area (Å²) >= 11 is 0. The maximum Gasteiger partial charge on any atom is 0.0249 e. The Kier molecular flexibility index (Phi) is 5.58. The Labute approximate surface area is 156 Å². The summed E-state index contributed by atoms with van der Waals surface area (Å²) in [5, 5.41) is 0. The highest BCUT2D eigenvalue weighted by molar-refractivity contribution is 5.48. The average molecular weight is 334 g/mol. The van der Waals surface area contributed by atoms with E-state index >= 15 is 0 Å². The molecule has 126 valence electrons. The van der Waals surface area contributed by atoms with Gasteiger partial charge in [-0.25, -0.2) is 0 Å². The van der Waals surface area contributed by atoms with E-state index in [1.165, 1.54) is 11.1 Å². The maximum atomic E-state index is 3.22. The number of rotatable bonds is 1. The Balaban J connectivity index is 1.69. The number of benzene rings is 3. The molecule has 0 bridgehead atoms. The van der Waals surface area contributed by atoms with Crippen LogP contribution in [-0.4, -0.2) is 0 Å². The van der Waals surface area contributed by atoms with Gasteiger partial charge in [-0.3, -0.25) is 0 Å². The minimum atomic E-state index is 0.547. The smallest absolute Gasteiger partial charge is 0.0249 e. The fourth-order valence-corrected chi connectivity index (χ4v) is 2.51. The third-order valence-electron chi connectivity index (χ3n) is 4.22. The van der Waals surface area contributed by atoms with Crippen molar-refractivity contribution in [2.75, 3.05) is 0 Å². The molecule has 3 aromatic carbocycles. The topological polar surface area (TPSA) is 0 Å². The predicted molar refractivity (Wildman–Crippen MR) is 110 cm³/mol. The lowest BCUT2D eigenvalue weighted by Gasteiger charge is -2.03. The van der Waals surface area contributed by atoms with Crippen molar-refractivity contribution in [3.8, 4) is 23.7 Å². The van der Waals surface area contributed by atoms with Crippen LogP contribution in [0.3, 0.4) is 0 Å². The molecular weight excluding hydrogens is 312 g/mol. The molecule has 0 aliphatic rings. The van der Waals surface area contributed by atoms with Gasteiger partial charge >= 0.3 is 0 Å². The van der Waals surface area contributed by atoms with Crippen molar-refractivity contribution in [3.05, 3.63) is 106 Å². The second-order valence-electron chi connectivity index (χ2n) is 6.72. The van der Waals surface area contributed by atoms with E-state index in [1.807, 2.05) is 36.4 Å². The summed E-state index contributed by atoms with van der Waals surface area (Å²) in [6.07, 6.45) is 0. The first-order valence-electron chi connectivity index (χ1n) is 8.91. The molecule has 0 aromatic heterocycles. The summed E-state index contributed by atoms with van der Waals surface area (Å²) < 4.78 is 0. The molecule has 26 heavy (non-hydrogen) atoms. The number of hydrogen-bond donors (Lipinski definition) is 0. The molecule has 0 N–H and O–H groups in total. The van der Waals surface area contributed by atoms with Crippen molar-refractivity contribution < 1.29 is 0 Å². The van der Waals surface area contributed by atoms with Gasteiger partial charge in [0.2, 0.25) is 0 Å². The molecule has 0 heteroatoms. The molecule has 0 unspecified atom stereocenters. The minimum Gasteiger partial charge on any atom is -0.0617 e. The molecule has 3 rings (SSSR count). The lowest BCUT2D eigenvalue weighted by molar-refractivity contribution is 0.866. The van der Waals surface area contributed by atoms with E-state index in [4.69, 9.17) is 0 Å². The molecule has 0 atom stereocenters. The molecular formula is C26H22. The second-order valence-corrected chi connectivity index (χ2v) is 6.72. The first-order valence-corrected chi connectivity index (χ1v) is 8.91. The van der Waals surface area contributed by atoms with Crippen LogP contribution in [0.1, 0.15) is 53.1 Å². The molecule has 0 radical (unpaired) electrons. The zero-order valence-electron chi connectivity index (χ0n) is 15.5. The molecule has 0 saturated carbocycles. The molecule has 0 spiro atoms. The Bertz CT molecular complexity index is 979. The summed E-state index contributed by atoms with van der Waals surface area (Å²) in [6.45, 7) is 6.48. The van der Waals surface area contributed by atoms with E-state index in [0.717, 1.165) is 22.3 Å². The number of aryl methyl sites for hydroxylation is 1. The van der Waals surface area contributed by atoms with Crippen molar-refractivity contribution >= 4 is 0 Å². The van der Waals surface area contributed by atoms with Gasteiger partial charge in [0.15, 0.2) is 0 Å².